The molecule has 0 fully saturated rings. The van der Waals surface area contributed by atoms with Gasteiger partial charge in [0, 0.05) is 11.8 Å². The van der Waals surface area contributed by atoms with Crippen LogP contribution in [0.2, 0.25) is 0 Å². The van der Waals surface area contributed by atoms with Gasteiger partial charge in [-0.3, -0.25) is 0 Å². The van der Waals surface area contributed by atoms with Crippen LogP contribution in [0.15, 0.2) is 67.4 Å². The molecular formula is C30H51NS. The van der Waals surface area contributed by atoms with E-state index in [4.69, 9.17) is 0 Å². The van der Waals surface area contributed by atoms with E-state index in [1.54, 1.807) is 6.20 Å². The van der Waals surface area contributed by atoms with Crippen LogP contribution >= 0.6 is 11.8 Å². The largest absolute Gasteiger partial charge is 0.388 e. The molecule has 0 spiro atoms. The third-order valence-corrected chi connectivity index (χ3v) is 6.61. The minimum absolute atomic E-state index is 0.618. The van der Waals surface area contributed by atoms with Crippen LogP contribution in [0.3, 0.4) is 0 Å². The SMILES string of the molecule is C=C(C)c1ccc(CC)cc1.C=C/C(C)=C(\C)CSCC.C=CNC(CC)C(C)CCC. The van der Waals surface area contributed by atoms with E-state index in [1.807, 2.05) is 24.8 Å². The van der Waals surface area contributed by atoms with E-state index in [0.717, 1.165) is 23.7 Å². The molecule has 2 unspecified atom stereocenters. The smallest absolute Gasteiger partial charge is 0.0278 e. The Kier molecular flexibility index (Phi) is 21.5. The fraction of sp³-hybridized carbons (Fsp3) is 0.533. The van der Waals surface area contributed by atoms with Gasteiger partial charge in [0.2, 0.25) is 0 Å². The lowest BCUT2D eigenvalue weighted by molar-refractivity contribution is 0.375. The quantitative estimate of drug-likeness (QED) is 0.314. The average Bonchev–Trinajstić information content (AvgIpc) is 2.81. The predicted molar refractivity (Wildman–Crippen MR) is 154 cm³/mol. The summed E-state index contributed by atoms with van der Waals surface area (Å²) in [4.78, 5) is 0. The minimum Gasteiger partial charge on any atom is -0.388 e. The second-order valence-corrected chi connectivity index (χ2v) is 9.56. The average molecular weight is 458 g/mol. The molecule has 0 heterocycles. The van der Waals surface area contributed by atoms with E-state index in [0.29, 0.717) is 6.04 Å². The topological polar surface area (TPSA) is 12.0 Å². The molecule has 0 bridgehead atoms. The lowest BCUT2D eigenvalue weighted by Crippen LogP contribution is -2.30. The Hall–Kier alpha value is -1.67. The van der Waals surface area contributed by atoms with Crippen LogP contribution in [0, 0.1) is 5.92 Å². The zero-order valence-electron chi connectivity index (χ0n) is 22.4. The number of hydrogen-bond donors (Lipinski definition) is 1. The number of aryl methyl sites for hydroxylation is 1. The predicted octanol–water partition coefficient (Wildman–Crippen LogP) is 9.48. The molecule has 0 aliphatic heterocycles. The van der Waals surface area contributed by atoms with E-state index >= 15 is 0 Å². The maximum Gasteiger partial charge on any atom is 0.0278 e. The van der Waals surface area contributed by atoms with Gasteiger partial charge in [-0.1, -0.05) is 108 Å². The van der Waals surface area contributed by atoms with Gasteiger partial charge in [-0.25, -0.2) is 0 Å². The van der Waals surface area contributed by atoms with Crippen LogP contribution in [0.4, 0.5) is 0 Å². The second kappa shape index (κ2) is 21.2. The first-order valence-corrected chi connectivity index (χ1v) is 13.4. The molecule has 0 amide bonds. The Bertz CT molecular complexity index is 654. The fourth-order valence-electron chi connectivity index (χ4n) is 3.06. The van der Waals surface area contributed by atoms with Crippen molar-refractivity contribution in [1.29, 1.82) is 0 Å². The summed E-state index contributed by atoms with van der Waals surface area (Å²) in [5, 5.41) is 3.28. The molecule has 1 aromatic carbocycles. The first-order chi connectivity index (χ1) is 15.2. The highest BCUT2D eigenvalue weighted by Gasteiger charge is 2.11. The van der Waals surface area contributed by atoms with Gasteiger partial charge < -0.3 is 5.32 Å². The summed E-state index contributed by atoms with van der Waals surface area (Å²) in [5.74, 6) is 3.11. The van der Waals surface area contributed by atoms with Crippen molar-refractivity contribution in [3.8, 4) is 0 Å². The molecule has 0 aromatic heterocycles. The standard InChI is InChI=1S/C11H14.C10H21N.C9H16S/c1-4-10-5-7-11(8-6-10)9(2)3;1-5-8-9(4)10(6-2)11-7-3;1-5-8(3)9(4)7-10-6-2/h5-8H,2,4H2,1,3H3;7,9-11H,3,5-6,8H2,1-2,4H3;5H,1,6-7H2,2-4H3/b;;9-8+. The normalized spacial score (nSPS) is 12.6. The Morgan fingerprint density at radius 3 is 2.00 bits per heavy atom. The van der Waals surface area contributed by atoms with Gasteiger partial charge in [-0.15, -0.1) is 0 Å². The summed E-state index contributed by atoms with van der Waals surface area (Å²) in [6.07, 6.45) is 8.60. The molecule has 0 saturated heterocycles. The molecule has 2 atom stereocenters. The Labute approximate surface area is 205 Å². The summed E-state index contributed by atoms with van der Waals surface area (Å²) in [6.45, 7) is 28.7. The number of nitrogens with one attached hydrogen (secondary N) is 1. The first kappa shape index (κ1) is 32.5. The van der Waals surface area contributed by atoms with E-state index in [2.05, 4.69) is 97.8 Å². The second-order valence-electron chi connectivity index (χ2n) is 8.29. The molecule has 0 radical (unpaired) electrons. The maximum atomic E-state index is 3.88. The van der Waals surface area contributed by atoms with Gasteiger partial charge in [0.05, 0.1) is 0 Å². The van der Waals surface area contributed by atoms with Crippen molar-refractivity contribution < 1.29 is 0 Å². The molecular weight excluding hydrogens is 406 g/mol. The van der Waals surface area contributed by atoms with Crippen molar-refractivity contribution in [3.05, 3.63) is 78.6 Å². The van der Waals surface area contributed by atoms with Crippen molar-refractivity contribution in [1.82, 2.24) is 5.32 Å². The molecule has 182 valence electrons. The van der Waals surface area contributed by atoms with Crippen LogP contribution in [-0.2, 0) is 6.42 Å². The van der Waals surface area contributed by atoms with Gasteiger partial charge >= 0.3 is 0 Å². The lowest BCUT2D eigenvalue weighted by atomic mass is 9.95. The van der Waals surface area contributed by atoms with Crippen molar-refractivity contribution in [2.24, 2.45) is 5.92 Å². The summed E-state index contributed by atoms with van der Waals surface area (Å²) >= 11 is 1.95. The third-order valence-electron chi connectivity index (χ3n) is 5.56. The molecule has 1 N–H and O–H groups in total. The Balaban J connectivity index is 0. The molecule has 1 aromatic rings. The molecule has 0 saturated carbocycles. The van der Waals surface area contributed by atoms with Gasteiger partial charge in [-0.05, 0) is 69.0 Å². The van der Waals surface area contributed by atoms with E-state index in [-0.39, 0.29) is 0 Å². The van der Waals surface area contributed by atoms with Gasteiger partial charge in [0.25, 0.3) is 0 Å². The third kappa shape index (κ3) is 16.0. The van der Waals surface area contributed by atoms with Gasteiger partial charge in [0.1, 0.15) is 0 Å². The van der Waals surface area contributed by atoms with E-state index in [1.165, 1.54) is 47.3 Å². The Morgan fingerprint density at radius 2 is 1.62 bits per heavy atom. The summed E-state index contributed by atoms with van der Waals surface area (Å²) in [5.41, 5.74) is 6.52. The van der Waals surface area contributed by atoms with Crippen LogP contribution < -0.4 is 5.32 Å². The molecule has 1 rings (SSSR count). The van der Waals surface area contributed by atoms with Crippen LogP contribution in [0.1, 0.15) is 85.8 Å². The minimum atomic E-state index is 0.618. The number of thioether (sulfide) groups is 1. The van der Waals surface area contributed by atoms with Crippen molar-refractivity contribution in [2.45, 2.75) is 87.1 Å². The maximum absolute atomic E-state index is 3.88. The van der Waals surface area contributed by atoms with Gasteiger partial charge in [0.15, 0.2) is 0 Å². The van der Waals surface area contributed by atoms with E-state index < -0.39 is 0 Å². The van der Waals surface area contributed by atoms with Crippen molar-refractivity contribution in [3.63, 3.8) is 0 Å². The molecule has 32 heavy (non-hydrogen) atoms. The number of benzene rings is 1. The molecule has 2 heteroatoms. The first-order valence-electron chi connectivity index (χ1n) is 12.2. The van der Waals surface area contributed by atoms with Crippen LogP contribution in [-0.4, -0.2) is 17.5 Å². The number of allylic oxidation sites excluding steroid dienone is 3. The van der Waals surface area contributed by atoms with E-state index in [9.17, 15) is 0 Å². The summed E-state index contributed by atoms with van der Waals surface area (Å²) in [7, 11) is 0. The summed E-state index contributed by atoms with van der Waals surface area (Å²) in [6, 6.07) is 9.18. The number of rotatable bonds is 12. The van der Waals surface area contributed by atoms with Crippen LogP contribution in [0.5, 0.6) is 0 Å². The Morgan fingerprint density at radius 1 is 1.03 bits per heavy atom. The fourth-order valence-corrected chi connectivity index (χ4v) is 3.80. The highest BCUT2D eigenvalue weighted by Crippen LogP contribution is 2.13. The van der Waals surface area contributed by atoms with Crippen molar-refractivity contribution in [2.75, 3.05) is 11.5 Å². The highest BCUT2D eigenvalue weighted by atomic mass is 32.2. The number of hydrogen-bond acceptors (Lipinski definition) is 2. The monoisotopic (exact) mass is 457 g/mol. The molecule has 1 nitrogen and oxygen atoms in total. The highest BCUT2D eigenvalue weighted by molar-refractivity contribution is 7.99. The van der Waals surface area contributed by atoms with Crippen molar-refractivity contribution >= 4 is 17.3 Å². The summed E-state index contributed by atoms with van der Waals surface area (Å²) < 4.78 is 0. The van der Waals surface area contributed by atoms with Crippen LogP contribution in [0.25, 0.3) is 5.57 Å². The molecule has 0 aliphatic rings. The zero-order valence-corrected chi connectivity index (χ0v) is 23.2. The lowest BCUT2D eigenvalue weighted by Gasteiger charge is -2.22. The molecule has 0 aliphatic carbocycles. The zero-order chi connectivity index (χ0) is 24.9. The van der Waals surface area contributed by atoms with Gasteiger partial charge in [-0.2, -0.15) is 11.8 Å².